The van der Waals surface area contributed by atoms with E-state index in [0.29, 0.717) is 12.8 Å². The van der Waals surface area contributed by atoms with Crippen LogP contribution in [-0.4, -0.2) is 142 Å². The molecule has 7 N–H and O–H groups in total. The van der Waals surface area contributed by atoms with Gasteiger partial charge >= 0.3 is 11.9 Å². The second-order valence-corrected chi connectivity index (χ2v) is 13.7. The minimum absolute atomic E-state index is 0.151. The molecular formula is C39H66O15. The van der Waals surface area contributed by atoms with Crippen molar-refractivity contribution in [2.24, 2.45) is 0 Å². The molecule has 2 rings (SSSR count). The molecule has 0 bridgehead atoms. The highest BCUT2D eigenvalue weighted by molar-refractivity contribution is 5.70. The van der Waals surface area contributed by atoms with E-state index in [9.17, 15) is 45.3 Å². The minimum Gasteiger partial charge on any atom is -0.462 e. The van der Waals surface area contributed by atoms with Crippen LogP contribution in [0.2, 0.25) is 0 Å². The van der Waals surface area contributed by atoms with Gasteiger partial charge in [-0.25, -0.2) is 0 Å². The van der Waals surface area contributed by atoms with Gasteiger partial charge in [0.15, 0.2) is 18.7 Å². The fraction of sp³-hybridized carbons (Fsp3) is 0.795. The van der Waals surface area contributed by atoms with Gasteiger partial charge in [-0.2, -0.15) is 0 Å². The second kappa shape index (κ2) is 28.2. The first kappa shape index (κ1) is 47.9. The smallest absolute Gasteiger partial charge is 0.306 e. The SMILES string of the molecule is CC/C=C\C/C=C\C/C=C\CCCCCCCCCC(=O)OC(COC(=O)CCC)COC1OC(COC2OC(CO)C(O)C(O)C2O)C(O)C(O)C1O. The number of esters is 2. The van der Waals surface area contributed by atoms with Crippen molar-refractivity contribution < 1.29 is 73.8 Å². The normalized spacial score (nSPS) is 29.6. The Morgan fingerprint density at radius 3 is 1.80 bits per heavy atom. The van der Waals surface area contributed by atoms with Crippen molar-refractivity contribution in [1.29, 1.82) is 0 Å². The van der Waals surface area contributed by atoms with E-state index in [2.05, 4.69) is 43.4 Å². The third-order valence-electron chi connectivity index (χ3n) is 9.10. The molecule has 0 aromatic carbocycles. The minimum atomic E-state index is -1.76. The Morgan fingerprint density at radius 2 is 1.17 bits per heavy atom. The number of carbonyl (C=O) groups excluding carboxylic acids is 2. The highest BCUT2D eigenvalue weighted by atomic mass is 16.7. The molecule has 0 aromatic rings. The predicted molar refractivity (Wildman–Crippen MR) is 197 cm³/mol. The number of aliphatic hydroxyl groups excluding tert-OH is 7. The first-order chi connectivity index (χ1) is 26.0. The fourth-order valence-electron chi connectivity index (χ4n) is 5.85. The van der Waals surface area contributed by atoms with Crippen molar-refractivity contribution in [3.63, 3.8) is 0 Å². The lowest BCUT2D eigenvalue weighted by molar-refractivity contribution is -0.332. The van der Waals surface area contributed by atoms with Crippen LogP contribution in [0.5, 0.6) is 0 Å². The number of aliphatic hydroxyl groups is 7. The molecule has 312 valence electrons. The van der Waals surface area contributed by atoms with Gasteiger partial charge in [0.2, 0.25) is 0 Å². The van der Waals surface area contributed by atoms with Crippen LogP contribution in [0.15, 0.2) is 36.5 Å². The average Bonchev–Trinajstić information content (AvgIpc) is 3.16. The van der Waals surface area contributed by atoms with Crippen molar-refractivity contribution in [3.05, 3.63) is 36.5 Å². The van der Waals surface area contributed by atoms with Crippen LogP contribution in [0.3, 0.4) is 0 Å². The summed E-state index contributed by atoms with van der Waals surface area (Å²) in [5.41, 5.74) is 0. The molecule has 2 saturated heterocycles. The van der Waals surface area contributed by atoms with Crippen molar-refractivity contribution in [2.45, 2.75) is 171 Å². The maximum absolute atomic E-state index is 12.7. The van der Waals surface area contributed by atoms with Gasteiger partial charge in [-0.05, 0) is 44.9 Å². The van der Waals surface area contributed by atoms with Crippen LogP contribution in [-0.2, 0) is 38.0 Å². The largest absolute Gasteiger partial charge is 0.462 e. The summed E-state index contributed by atoms with van der Waals surface area (Å²) in [6, 6.07) is 0. The van der Waals surface area contributed by atoms with Crippen LogP contribution in [0.25, 0.3) is 0 Å². The van der Waals surface area contributed by atoms with E-state index in [4.69, 9.17) is 28.4 Å². The van der Waals surface area contributed by atoms with E-state index in [0.717, 1.165) is 64.2 Å². The Labute approximate surface area is 319 Å². The number of hydrogen-bond acceptors (Lipinski definition) is 15. The van der Waals surface area contributed by atoms with E-state index < -0.39 is 99.3 Å². The van der Waals surface area contributed by atoms with Crippen LogP contribution < -0.4 is 0 Å². The molecule has 54 heavy (non-hydrogen) atoms. The van der Waals surface area contributed by atoms with Gasteiger partial charge in [-0.3, -0.25) is 9.59 Å². The maximum atomic E-state index is 12.7. The Hall–Kier alpha value is -2.28. The van der Waals surface area contributed by atoms with Gasteiger partial charge in [0, 0.05) is 12.8 Å². The van der Waals surface area contributed by atoms with Crippen LogP contribution >= 0.6 is 0 Å². The van der Waals surface area contributed by atoms with Crippen molar-refractivity contribution in [3.8, 4) is 0 Å². The molecule has 0 radical (unpaired) electrons. The number of rotatable bonds is 27. The standard InChI is InChI=1S/C39H66O15/c1-3-5-6-7-8-9-10-11-12-13-14-15-16-17-18-19-20-22-31(42)52-27(24-49-30(41)21-4-2)25-50-38-37(48)35(46)33(44)29(54-38)26-51-39-36(47)34(45)32(43)28(23-40)53-39/h5-6,8-9,11-12,27-29,32-40,43-48H,3-4,7,10,13-26H2,1-2H3/b6-5-,9-8-,12-11-. The summed E-state index contributed by atoms with van der Waals surface area (Å²) < 4.78 is 32.8. The first-order valence-electron chi connectivity index (χ1n) is 19.6. The zero-order valence-corrected chi connectivity index (χ0v) is 31.9. The van der Waals surface area contributed by atoms with E-state index in [1.165, 1.54) is 0 Å². The molecule has 0 aliphatic carbocycles. The molecule has 0 aromatic heterocycles. The lowest BCUT2D eigenvalue weighted by Gasteiger charge is -2.42. The summed E-state index contributed by atoms with van der Waals surface area (Å²) in [5.74, 6) is -1.00. The second-order valence-electron chi connectivity index (χ2n) is 13.7. The van der Waals surface area contributed by atoms with Gasteiger partial charge in [-0.15, -0.1) is 0 Å². The Kier molecular flexibility index (Phi) is 25.0. The van der Waals surface area contributed by atoms with E-state index in [1.54, 1.807) is 0 Å². The lowest BCUT2D eigenvalue weighted by atomic mass is 9.98. The first-order valence-corrected chi connectivity index (χ1v) is 19.6. The van der Waals surface area contributed by atoms with E-state index >= 15 is 0 Å². The summed E-state index contributed by atoms with van der Waals surface area (Å²) >= 11 is 0. The number of carbonyl (C=O) groups is 2. The molecule has 11 atom stereocenters. The third-order valence-corrected chi connectivity index (χ3v) is 9.10. The molecule has 15 heteroatoms. The Bertz CT molecular complexity index is 1100. The summed E-state index contributed by atoms with van der Waals surface area (Å²) in [6.45, 7) is 2.02. The van der Waals surface area contributed by atoms with Crippen LogP contribution in [0, 0.1) is 0 Å². The molecule has 0 spiro atoms. The number of ether oxygens (including phenoxy) is 6. The summed E-state index contributed by atoms with van der Waals surface area (Å²) in [6.07, 6.45) is 8.22. The summed E-state index contributed by atoms with van der Waals surface area (Å²) in [4.78, 5) is 24.8. The van der Waals surface area contributed by atoms with Crippen molar-refractivity contribution in [2.75, 3.05) is 26.4 Å². The third kappa shape index (κ3) is 18.1. The van der Waals surface area contributed by atoms with Gasteiger partial charge in [0.25, 0.3) is 0 Å². The molecule has 2 aliphatic heterocycles. The van der Waals surface area contributed by atoms with Gasteiger partial charge < -0.3 is 64.2 Å². The molecule has 2 fully saturated rings. The average molecular weight is 775 g/mol. The number of hydrogen-bond donors (Lipinski definition) is 7. The molecule has 15 nitrogen and oxygen atoms in total. The van der Waals surface area contributed by atoms with Gasteiger partial charge in [-0.1, -0.05) is 82.4 Å². The molecular weight excluding hydrogens is 708 g/mol. The Morgan fingerprint density at radius 1 is 0.611 bits per heavy atom. The van der Waals surface area contributed by atoms with Crippen LogP contribution in [0.4, 0.5) is 0 Å². The molecule has 0 amide bonds. The predicted octanol–water partition coefficient (Wildman–Crippen LogP) is 2.25. The lowest BCUT2D eigenvalue weighted by Crippen LogP contribution is -2.61. The van der Waals surface area contributed by atoms with Gasteiger partial charge in [0.05, 0.1) is 19.8 Å². The quantitative estimate of drug-likeness (QED) is 0.0361. The topological polar surface area (TPSA) is 231 Å². The van der Waals surface area contributed by atoms with Crippen molar-refractivity contribution in [1.82, 2.24) is 0 Å². The van der Waals surface area contributed by atoms with Crippen LogP contribution in [0.1, 0.15) is 104 Å². The monoisotopic (exact) mass is 774 g/mol. The van der Waals surface area contributed by atoms with Gasteiger partial charge in [0.1, 0.15) is 55.4 Å². The highest BCUT2D eigenvalue weighted by Crippen LogP contribution is 2.26. The zero-order chi connectivity index (χ0) is 39.7. The highest BCUT2D eigenvalue weighted by Gasteiger charge is 2.47. The fourth-order valence-corrected chi connectivity index (χ4v) is 5.85. The molecule has 2 aliphatic rings. The maximum Gasteiger partial charge on any atom is 0.306 e. The molecule has 2 heterocycles. The number of allylic oxidation sites excluding steroid dienone is 6. The van der Waals surface area contributed by atoms with E-state index in [-0.39, 0.29) is 19.4 Å². The Balaban J connectivity index is 1.76. The molecule has 0 saturated carbocycles. The summed E-state index contributed by atoms with van der Waals surface area (Å²) in [5, 5.41) is 71.2. The molecule has 11 unspecified atom stereocenters. The zero-order valence-electron chi connectivity index (χ0n) is 31.9. The van der Waals surface area contributed by atoms with Crippen molar-refractivity contribution >= 4 is 11.9 Å². The van der Waals surface area contributed by atoms with E-state index in [1.807, 2.05) is 6.92 Å². The number of unbranched alkanes of at least 4 members (excludes halogenated alkanes) is 7. The summed E-state index contributed by atoms with van der Waals surface area (Å²) in [7, 11) is 0.